The quantitative estimate of drug-likeness (QED) is 0.830. The number of nitrogens with zero attached hydrogens (tertiary/aromatic N) is 1. The molecule has 0 saturated heterocycles. The van der Waals surface area contributed by atoms with Crippen LogP contribution in [0.2, 0.25) is 5.02 Å². The minimum absolute atomic E-state index is 0.146. The molecule has 1 rings (SSSR count). The maximum Gasteiger partial charge on any atom is 0.246 e. The first-order valence-electron chi connectivity index (χ1n) is 5.31. The van der Waals surface area contributed by atoms with Crippen LogP contribution in [-0.2, 0) is 10.0 Å². The molecule has 0 amide bonds. The van der Waals surface area contributed by atoms with E-state index in [1.165, 1.54) is 23.5 Å². The van der Waals surface area contributed by atoms with Crippen LogP contribution in [0.5, 0.6) is 5.75 Å². The fraction of sp³-hybridized carbons (Fsp3) is 0.455. The first-order chi connectivity index (χ1) is 7.97. The van der Waals surface area contributed by atoms with E-state index < -0.39 is 10.0 Å². The lowest BCUT2D eigenvalue weighted by atomic mass is 10.3. The number of sulfonamides is 1. The second kappa shape index (κ2) is 5.71. The van der Waals surface area contributed by atoms with E-state index in [9.17, 15) is 8.42 Å². The van der Waals surface area contributed by atoms with E-state index in [4.69, 9.17) is 16.3 Å². The molecule has 1 aromatic carbocycles. The largest absolute Gasteiger partial charge is 0.495 e. The lowest BCUT2D eigenvalue weighted by Gasteiger charge is -2.19. The van der Waals surface area contributed by atoms with Crippen LogP contribution in [0.1, 0.15) is 13.8 Å². The summed E-state index contributed by atoms with van der Waals surface area (Å²) in [5, 5.41) is 0.445. The number of halogens is 1. The minimum Gasteiger partial charge on any atom is -0.495 e. The zero-order chi connectivity index (χ0) is 13.1. The molecule has 0 radical (unpaired) electrons. The van der Waals surface area contributed by atoms with Gasteiger partial charge in [0.25, 0.3) is 0 Å². The first-order valence-corrected chi connectivity index (χ1v) is 7.12. The standard InChI is InChI=1S/C11H16ClNO3S/c1-4-13(5-2)17(14,15)11-7-6-9(12)8-10(11)16-3/h6-8H,4-5H2,1-3H3. The predicted molar refractivity (Wildman–Crippen MR) is 68.1 cm³/mol. The molecule has 0 N–H and O–H groups in total. The molecular formula is C11H16ClNO3S. The molecule has 0 aliphatic heterocycles. The van der Waals surface area contributed by atoms with Crippen molar-refractivity contribution < 1.29 is 13.2 Å². The van der Waals surface area contributed by atoms with Crippen molar-refractivity contribution in [2.45, 2.75) is 18.7 Å². The molecule has 0 fully saturated rings. The summed E-state index contributed by atoms with van der Waals surface area (Å²) in [6.07, 6.45) is 0. The van der Waals surface area contributed by atoms with E-state index in [2.05, 4.69) is 0 Å². The molecule has 0 unspecified atom stereocenters. The Morgan fingerprint density at radius 2 is 1.88 bits per heavy atom. The molecule has 0 bridgehead atoms. The Morgan fingerprint density at radius 1 is 1.29 bits per heavy atom. The lowest BCUT2D eigenvalue weighted by molar-refractivity contribution is 0.395. The van der Waals surface area contributed by atoms with E-state index in [0.29, 0.717) is 18.1 Å². The summed E-state index contributed by atoms with van der Waals surface area (Å²) in [6, 6.07) is 4.51. The van der Waals surface area contributed by atoms with Crippen molar-refractivity contribution in [2.24, 2.45) is 0 Å². The van der Waals surface area contributed by atoms with Gasteiger partial charge in [-0.05, 0) is 12.1 Å². The minimum atomic E-state index is -3.51. The SMILES string of the molecule is CCN(CC)S(=O)(=O)c1ccc(Cl)cc1OC. The zero-order valence-electron chi connectivity index (χ0n) is 10.1. The van der Waals surface area contributed by atoms with Crippen LogP contribution in [0, 0.1) is 0 Å². The summed E-state index contributed by atoms with van der Waals surface area (Å²) < 4.78 is 31.0. The van der Waals surface area contributed by atoms with Gasteiger partial charge in [0.05, 0.1) is 7.11 Å². The second-order valence-corrected chi connectivity index (χ2v) is 5.73. The van der Waals surface area contributed by atoms with Gasteiger partial charge >= 0.3 is 0 Å². The Labute approximate surface area is 107 Å². The van der Waals surface area contributed by atoms with Crippen molar-refractivity contribution in [3.8, 4) is 5.75 Å². The van der Waals surface area contributed by atoms with Gasteiger partial charge in [-0.3, -0.25) is 0 Å². The maximum absolute atomic E-state index is 12.3. The molecule has 0 aliphatic carbocycles. The summed E-state index contributed by atoms with van der Waals surface area (Å²) in [6.45, 7) is 4.43. The molecule has 0 aliphatic rings. The zero-order valence-corrected chi connectivity index (χ0v) is 11.7. The van der Waals surface area contributed by atoms with Crippen molar-refractivity contribution in [2.75, 3.05) is 20.2 Å². The average Bonchev–Trinajstić information content (AvgIpc) is 2.29. The fourth-order valence-electron chi connectivity index (χ4n) is 1.56. The maximum atomic E-state index is 12.3. The van der Waals surface area contributed by atoms with Crippen LogP contribution in [0.4, 0.5) is 0 Å². The molecule has 0 saturated carbocycles. The van der Waals surface area contributed by atoms with Crippen molar-refractivity contribution in [1.82, 2.24) is 4.31 Å². The van der Waals surface area contributed by atoms with E-state index in [1.54, 1.807) is 19.9 Å². The summed E-state index contributed by atoms with van der Waals surface area (Å²) in [5.41, 5.74) is 0. The van der Waals surface area contributed by atoms with Gasteiger partial charge in [-0.2, -0.15) is 4.31 Å². The van der Waals surface area contributed by atoms with Gasteiger partial charge in [0.15, 0.2) is 0 Å². The highest BCUT2D eigenvalue weighted by Crippen LogP contribution is 2.29. The molecule has 4 nitrogen and oxygen atoms in total. The molecule has 6 heteroatoms. The number of rotatable bonds is 5. The summed E-state index contributed by atoms with van der Waals surface area (Å²) >= 11 is 5.80. The molecule has 96 valence electrons. The first kappa shape index (κ1) is 14.3. The van der Waals surface area contributed by atoms with Gasteiger partial charge in [0, 0.05) is 24.2 Å². The van der Waals surface area contributed by atoms with Gasteiger partial charge in [-0.25, -0.2) is 8.42 Å². The molecule has 17 heavy (non-hydrogen) atoms. The molecule has 0 aromatic heterocycles. The fourth-order valence-corrected chi connectivity index (χ4v) is 3.31. The van der Waals surface area contributed by atoms with E-state index in [0.717, 1.165) is 0 Å². The third kappa shape index (κ3) is 2.91. The Hall–Kier alpha value is -0.780. The van der Waals surface area contributed by atoms with Gasteiger partial charge in [-0.1, -0.05) is 25.4 Å². The second-order valence-electron chi connectivity index (χ2n) is 3.38. The highest BCUT2D eigenvalue weighted by Gasteiger charge is 2.25. The van der Waals surface area contributed by atoms with E-state index >= 15 is 0 Å². The van der Waals surface area contributed by atoms with Crippen LogP contribution in [-0.4, -0.2) is 32.9 Å². The monoisotopic (exact) mass is 277 g/mol. The number of hydrogen-bond donors (Lipinski definition) is 0. The van der Waals surface area contributed by atoms with Crippen molar-refractivity contribution in [3.05, 3.63) is 23.2 Å². The predicted octanol–water partition coefficient (Wildman–Crippen LogP) is 2.38. The number of benzene rings is 1. The smallest absolute Gasteiger partial charge is 0.246 e. The molecular weight excluding hydrogens is 262 g/mol. The summed E-state index contributed by atoms with van der Waals surface area (Å²) in [7, 11) is -2.09. The third-order valence-electron chi connectivity index (χ3n) is 2.45. The Kier molecular flexibility index (Phi) is 4.80. The van der Waals surface area contributed by atoms with Crippen molar-refractivity contribution in [1.29, 1.82) is 0 Å². The number of ether oxygens (including phenoxy) is 1. The number of methoxy groups -OCH3 is 1. The van der Waals surface area contributed by atoms with Crippen LogP contribution >= 0.6 is 11.6 Å². The summed E-state index contributed by atoms with van der Waals surface area (Å²) in [4.78, 5) is 0.146. The van der Waals surface area contributed by atoms with Gasteiger partial charge in [0.1, 0.15) is 10.6 Å². The average molecular weight is 278 g/mol. The molecule has 1 aromatic rings. The van der Waals surface area contributed by atoms with Crippen LogP contribution in [0.25, 0.3) is 0 Å². The van der Waals surface area contributed by atoms with Crippen molar-refractivity contribution in [3.63, 3.8) is 0 Å². The Balaban J connectivity index is 3.32. The Morgan fingerprint density at radius 3 is 2.35 bits per heavy atom. The van der Waals surface area contributed by atoms with Crippen LogP contribution < -0.4 is 4.74 Å². The molecule has 0 heterocycles. The van der Waals surface area contributed by atoms with E-state index in [-0.39, 0.29) is 10.6 Å². The summed E-state index contributed by atoms with van der Waals surface area (Å²) in [5.74, 6) is 0.268. The van der Waals surface area contributed by atoms with Gasteiger partial charge < -0.3 is 4.74 Å². The Bertz CT molecular complexity index is 483. The third-order valence-corrected chi connectivity index (χ3v) is 4.77. The molecule has 0 atom stereocenters. The van der Waals surface area contributed by atoms with Gasteiger partial charge in [-0.15, -0.1) is 0 Å². The number of hydrogen-bond acceptors (Lipinski definition) is 3. The van der Waals surface area contributed by atoms with Crippen molar-refractivity contribution >= 4 is 21.6 Å². The van der Waals surface area contributed by atoms with Crippen LogP contribution in [0.3, 0.4) is 0 Å². The highest BCUT2D eigenvalue weighted by molar-refractivity contribution is 7.89. The highest BCUT2D eigenvalue weighted by atomic mass is 35.5. The van der Waals surface area contributed by atoms with Crippen LogP contribution in [0.15, 0.2) is 23.1 Å². The van der Waals surface area contributed by atoms with E-state index in [1.807, 2.05) is 0 Å². The lowest BCUT2D eigenvalue weighted by Crippen LogP contribution is -2.30. The molecule has 0 spiro atoms. The normalized spacial score (nSPS) is 11.8. The topological polar surface area (TPSA) is 46.6 Å². The van der Waals surface area contributed by atoms with Gasteiger partial charge in [0.2, 0.25) is 10.0 Å².